The van der Waals surface area contributed by atoms with Crippen molar-refractivity contribution in [1.29, 1.82) is 0 Å². The average molecular weight is 525 g/mol. The van der Waals surface area contributed by atoms with Crippen molar-refractivity contribution in [2.24, 2.45) is 5.92 Å². The summed E-state index contributed by atoms with van der Waals surface area (Å²) in [6, 6.07) is 0.367. The zero-order valence-electron chi connectivity index (χ0n) is 18.7. The van der Waals surface area contributed by atoms with Crippen molar-refractivity contribution in [1.82, 2.24) is 20.2 Å². The number of anilines is 1. The number of carbonyl (C=O) groups is 2. The van der Waals surface area contributed by atoms with Gasteiger partial charge in [0.05, 0.1) is 5.39 Å². The van der Waals surface area contributed by atoms with E-state index >= 15 is 0 Å². The van der Waals surface area contributed by atoms with Crippen molar-refractivity contribution in [3.63, 3.8) is 0 Å². The summed E-state index contributed by atoms with van der Waals surface area (Å²) >= 11 is 0. The number of rotatable bonds is 5. The monoisotopic (exact) mass is 525 g/mol. The maximum atomic E-state index is 14.8. The quantitative estimate of drug-likeness (QED) is 0.500. The average Bonchev–Trinajstić information content (AvgIpc) is 3.56. The number of fused-ring (bicyclic) bond motifs is 1. The van der Waals surface area contributed by atoms with Gasteiger partial charge in [-0.05, 0) is 30.9 Å². The maximum Gasteiger partial charge on any atom is 0.408 e. The molecule has 194 valence electrons. The molecule has 14 heteroatoms. The molecule has 0 radical (unpaired) electrons. The molecule has 2 aromatic heterocycles. The van der Waals surface area contributed by atoms with Gasteiger partial charge in [-0.3, -0.25) is 19.1 Å². The van der Waals surface area contributed by atoms with E-state index in [1.165, 1.54) is 11.0 Å². The Morgan fingerprint density at radius 2 is 1.78 bits per heavy atom. The van der Waals surface area contributed by atoms with Crippen molar-refractivity contribution in [2.45, 2.75) is 25.1 Å². The molecule has 5 rings (SSSR count). The SMILES string of the molecule is O=C(N[C@H](C1CC1)C(F)(F)F)c1cn(-c2c(F)cc(F)cc2F)c2nc(N3CCNC3=O)ccc2c1=O. The number of hydrogen-bond donors (Lipinski definition) is 2. The highest BCUT2D eigenvalue weighted by molar-refractivity contribution is 5.98. The largest absolute Gasteiger partial charge is 0.408 e. The van der Waals surface area contributed by atoms with Crippen LogP contribution in [-0.2, 0) is 0 Å². The Morgan fingerprint density at radius 3 is 2.35 bits per heavy atom. The molecule has 1 aliphatic heterocycles. The first-order chi connectivity index (χ1) is 17.5. The van der Waals surface area contributed by atoms with Crippen LogP contribution >= 0.6 is 0 Å². The molecule has 0 unspecified atom stereocenters. The van der Waals surface area contributed by atoms with Gasteiger partial charge in [0, 0.05) is 31.4 Å². The number of amides is 3. The molecule has 0 bridgehead atoms. The Balaban J connectivity index is 1.71. The zero-order valence-corrected chi connectivity index (χ0v) is 18.7. The molecule has 37 heavy (non-hydrogen) atoms. The normalized spacial score (nSPS) is 16.7. The Kier molecular flexibility index (Phi) is 5.83. The Morgan fingerprint density at radius 1 is 1.11 bits per heavy atom. The number of nitrogens with one attached hydrogen (secondary N) is 2. The minimum atomic E-state index is -4.78. The number of hydrogen-bond acceptors (Lipinski definition) is 4. The number of pyridine rings is 2. The molecule has 1 atom stereocenters. The zero-order chi connectivity index (χ0) is 26.6. The van der Waals surface area contributed by atoms with Gasteiger partial charge in [0.15, 0.2) is 17.3 Å². The Labute approximate surface area is 203 Å². The first kappa shape index (κ1) is 24.6. The number of aromatic nitrogens is 2. The third kappa shape index (κ3) is 4.47. The smallest absolute Gasteiger partial charge is 0.340 e. The summed E-state index contributed by atoms with van der Waals surface area (Å²) in [6.07, 6.45) is -3.67. The van der Waals surface area contributed by atoms with Gasteiger partial charge < -0.3 is 10.6 Å². The summed E-state index contributed by atoms with van der Waals surface area (Å²) in [4.78, 5) is 43.5. The first-order valence-corrected chi connectivity index (χ1v) is 11.1. The van der Waals surface area contributed by atoms with E-state index in [1.54, 1.807) is 0 Å². The molecule has 1 aliphatic carbocycles. The van der Waals surface area contributed by atoms with Crippen molar-refractivity contribution in [2.75, 3.05) is 18.0 Å². The van der Waals surface area contributed by atoms with E-state index in [9.17, 15) is 40.7 Å². The molecule has 2 aliphatic rings. The van der Waals surface area contributed by atoms with Crippen LogP contribution in [0.25, 0.3) is 16.7 Å². The molecule has 2 N–H and O–H groups in total. The predicted octanol–water partition coefficient (Wildman–Crippen LogP) is 3.40. The van der Waals surface area contributed by atoms with E-state index in [2.05, 4.69) is 10.3 Å². The van der Waals surface area contributed by atoms with Crippen molar-refractivity contribution >= 4 is 28.8 Å². The van der Waals surface area contributed by atoms with Crippen LogP contribution in [0, 0.1) is 23.4 Å². The second-order valence-electron chi connectivity index (χ2n) is 8.71. The Hall–Kier alpha value is -4.10. The fraction of sp³-hybridized carbons (Fsp3) is 0.304. The van der Waals surface area contributed by atoms with Gasteiger partial charge in [-0.15, -0.1) is 0 Å². The molecule has 8 nitrogen and oxygen atoms in total. The number of benzene rings is 1. The standard InChI is InChI=1S/C23H17F6N5O3/c24-11-7-14(25)17(15(26)8-11)34-9-13(21(36)32-19(10-1-2-10)23(27,28)29)18(35)12-3-4-16(31-20(12)34)33-6-5-30-22(33)37/h3-4,7-10,19H,1-2,5-6H2,(H,30,37)(H,32,36)/t19-/m1/s1. The number of nitrogens with zero attached hydrogens (tertiary/aromatic N) is 3. The molecule has 1 saturated carbocycles. The van der Waals surface area contributed by atoms with Crippen LogP contribution in [0.15, 0.2) is 35.3 Å². The van der Waals surface area contributed by atoms with Crippen LogP contribution < -0.4 is 21.0 Å². The predicted molar refractivity (Wildman–Crippen MR) is 118 cm³/mol. The fourth-order valence-corrected chi connectivity index (χ4v) is 4.25. The minimum absolute atomic E-state index is 0.00153. The Bertz CT molecular complexity index is 1480. The molecule has 3 heterocycles. The van der Waals surface area contributed by atoms with E-state index in [1.807, 2.05) is 5.32 Å². The van der Waals surface area contributed by atoms with E-state index in [0.29, 0.717) is 22.9 Å². The topological polar surface area (TPSA) is 96.3 Å². The molecule has 1 saturated heterocycles. The third-order valence-corrected chi connectivity index (χ3v) is 6.17. The minimum Gasteiger partial charge on any atom is -0.340 e. The van der Waals surface area contributed by atoms with Gasteiger partial charge in [0.2, 0.25) is 5.43 Å². The molecule has 3 aromatic rings. The van der Waals surface area contributed by atoms with Crippen molar-refractivity contribution in [3.8, 4) is 5.69 Å². The van der Waals surface area contributed by atoms with E-state index in [4.69, 9.17) is 0 Å². The molecular weight excluding hydrogens is 508 g/mol. The number of urea groups is 1. The van der Waals surface area contributed by atoms with Crippen LogP contribution in [0.1, 0.15) is 23.2 Å². The number of alkyl halides is 3. The first-order valence-electron chi connectivity index (χ1n) is 11.1. The van der Waals surface area contributed by atoms with Gasteiger partial charge in [-0.2, -0.15) is 13.2 Å². The molecule has 0 spiro atoms. The summed E-state index contributed by atoms with van der Waals surface area (Å²) < 4.78 is 84.2. The second-order valence-corrected chi connectivity index (χ2v) is 8.71. The lowest BCUT2D eigenvalue weighted by Crippen LogP contribution is -2.48. The van der Waals surface area contributed by atoms with Crippen molar-refractivity contribution < 1.29 is 35.9 Å². The third-order valence-electron chi connectivity index (χ3n) is 6.17. The van der Waals surface area contributed by atoms with E-state index < -0.39 is 69.9 Å². The van der Waals surface area contributed by atoms with E-state index in [-0.39, 0.29) is 37.1 Å². The van der Waals surface area contributed by atoms with E-state index in [0.717, 1.165) is 6.07 Å². The fourth-order valence-electron chi connectivity index (χ4n) is 4.25. The van der Waals surface area contributed by atoms with Gasteiger partial charge in [-0.1, -0.05) is 0 Å². The summed E-state index contributed by atoms with van der Waals surface area (Å²) in [5.41, 5.74) is -3.21. The van der Waals surface area contributed by atoms with Crippen LogP contribution in [-0.4, -0.2) is 46.8 Å². The van der Waals surface area contributed by atoms with Gasteiger partial charge in [-0.25, -0.2) is 22.9 Å². The highest BCUT2D eigenvalue weighted by Crippen LogP contribution is 2.40. The summed E-state index contributed by atoms with van der Waals surface area (Å²) in [5, 5.41) is 3.99. The van der Waals surface area contributed by atoms with Gasteiger partial charge in [0.1, 0.15) is 28.9 Å². The number of carbonyl (C=O) groups excluding carboxylic acids is 2. The lowest BCUT2D eigenvalue weighted by Gasteiger charge is -2.22. The van der Waals surface area contributed by atoms with Crippen LogP contribution in [0.4, 0.5) is 37.0 Å². The lowest BCUT2D eigenvalue weighted by molar-refractivity contribution is -0.158. The summed E-state index contributed by atoms with van der Waals surface area (Å²) in [5.74, 6) is -6.35. The van der Waals surface area contributed by atoms with Crippen LogP contribution in [0.2, 0.25) is 0 Å². The molecule has 2 fully saturated rings. The second kappa shape index (κ2) is 8.78. The van der Waals surface area contributed by atoms with Gasteiger partial charge >= 0.3 is 12.2 Å². The van der Waals surface area contributed by atoms with Gasteiger partial charge in [0.25, 0.3) is 5.91 Å². The molecule has 3 amide bonds. The van der Waals surface area contributed by atoms with Crippen LogP contribution in [0.3, 0.4) is 0 Å². The van der Waals surface area contributed by atoms with Crippen molar-refractivity contribution in [3.05, 3.63) is 63.7 Å². The lowest BCUT2D eigenvalue weighted by atomic mass is 10.1. The summed E-state index contributed by atoms with van der Waals surface area (Å²) in [6.45, 7) is 0.481. The summed E-state index contributed by atoms with van der Waals surface area (Å²) in [7, 11) is 0. The van der Waals surface area contributed by atoms with Crippen LogP contribution in [0.5, 0.6) is 0 Å². The highest BCUT2D eigenvalue weighted by Gasteiger charge is 2.50. The highest BCUT2D eigenvalue weighted by atomic mass is 19.4. The number of halogens is 6. The maximum absolute atomic E-state index is 14.8. The molecule has 1 aromatic carbocycles. The molecular formula is C23H17F6N5O3.